The van der Waals surface area contributed by atoms with Crippen LogP contribution in [0, 0.1) is 0 Å². The van der Waals surface area contributed by atoms with E-state index < -0.39 is 6.10 Å². The Bertz CT molecular complexity index is 643. The molecule has 2 aromatic carbocycles. The minimum Gasteiger partial charge on any atom is -0.494 e. The lowest BCUT2D eigenvalue weighted by Gasteiger charge is -2.16. The molecule has 0 aliphatic carbocycles. The van der Waals surface area contributed by atoms with Crippen molar-refractivity contribution in [1.29, 1.82) is 0 Å². The van der Waals surface area contributed by atoms with Crippen molar-refractivity contribution in [3.8, 4) is 11.5 Å². The zero-order chi connectivity index (χ0) is 16.7. The maximum absolute atomic E-state index is 12.3. The highest BCUT2D eigenvalue weighted by Gasteiger charge is 2.16. The van der Waals surface area contributed by atoms with Gasteiger partial charge in [0.05, 0.1) is 12.3 Å². The standard InChI is InChI=1S/C18H21NO3S/c1-4-21-14-9-11-15(12-10-14)22-13(2)18(20)19-16-7-5-6-8-17(16)23-3/h5-13H,4H2,1-3H3,(H,19,20). The Morgan fingerprint density at radius 1 is 1.13 bits per heavy atom. The minimum absolute atomic E-state index is 0.180. The number of thioether (sulfide) groups is 1. The molecule has 0 fully saturated rings. The van der Waals surface area contributed by atoms with Crippen LogP contribution in [0.4, 0.5) is 5.69 Å². The molecule has 1 N–H and O–H groups in total. The molecule has 2 rings (SSSR count). The molecule has 122 valence electrons. The first-order chi connectivity index (χ1) is 11.1. The molecule has 0 aliphatic rings. The van der Waals surface area contributed by atoms with Crippen LogP contribution in [0.5, 0.6) is 11.5 Å². The van der Waals surface area contributed by atoms with Crippen LogP contribution in [0.2, 0.25) is 0 Å². The van der Waals surface area contributed by atoms with Gasteiger partial charge in [-0.2, -0.15) is 0 Å². The smallest absolute Gasteiger partial charge is 0.265 e. The van der Waals surface area contributed by atoms with Crippen LogP contribution in [0.25, 0.3) is 0 Å². The fourth-order valence-corrected chi connectivity index (χ4v) is 2.57. The summed E-state index contributed by atoms with van der Waals surface area (Å²) in [5.41, 5.74) is 0.798. The highest BCUT2D eigenvalue weighted by molar-refractivity contribution is 7.98. The maximum Gasteiger partial charge on any atom is 0.265 e. The van der Waals surface area contributed by atoms with E-state index in [9.17, 15) is 4.79 Å². The molecule has 0 saturated heterocycles. The largest absolute Gasteiger partial charge is 0.494 e. The van der Waals surface area contributed by atoms with E-state index in [1.807, 2.05) is 49.6 Å². The van der Waals surface area contributed by atoms with E-state index in [2.05, 4.69) is 5.32 Å². The number of nitrogens with one attached hydrogen (secondary N) is 1. The lowest BCUT2D eigenvalue weighted by molar-refractivity contribution is -0.122. The highest BCUT2D eigenvalue weighted by Crippen LogP contribution is 2.25. The third-order valence-electron chi connectivity index (χ3n) is 3.18. The maximum atomic E-state index is 12.3. The topological polar surface area (TPSA) is 47.6 Å². The number of ether oxygens (including phenoxy) is 2. The first-order valence-corrected chi connectivity index (χ1v) is 8.70. The van der Waals surface area contributed by atoms with Crippen LogP contribution in [-0.4, -0.2) is 24.9 Å². The number of hydrogen-bond donors (Lipinski definition) is 1. The van der Waals surface area contributed by atoms with Gasteiger partial charge in [-0.1, -0.05) is 12.1 Å². The summed E-state index contributed by atoms with van der Waals surface area (Å²) in [4.78, 5) is 13.3. The molecular formula is C18H21NO3S. The summed E-state index contributed by atoms with van der Waals surface area (Å²) in [6.45, 7) is 4.28. The minimum atomic E-state index is -0.595. The Balaban J connectivity index is 1.96. The van der Waals surface area contributed by atoms with Crippen molar-refractivity contribution >= 4 is 23.4 Å². The molecule has 0 spiro atoms. The highest BCUT2D eigenvalue weighted by atomic mass is 32.2. The van der Waals surface area contributed by atoms with E-state index in [-0.39, 0.29) is 5.91 Å². The van der Waals surface area contributed by atoms with Gasteiger partial charge in [0, 0.05) is 4.90 Å². The molecule has 0 radical (unpaired) electrons. The third-order valence-corrected chi connectivity index (χ3v) is 3.98. The average Bonchev–Trinajstić information content (AvgIpc) is 2.57. The first kappa shape index (κ1) is 17.2. The van der Waals surface area contributed by atoms with Gasteiger partial charge < -0.3 is 14.8 Å². The molecule has 0 aliphatic heterocycles. The Morgan fingerprint density at radius 2 is 1.78 bits per heavy atom. The van der Waals surface area contributed by atoms with E-state index >= 15 is 0 Å². The van der Waals surface area contributed by atoms with Crippen molar-refractivity contribution in [2.45, 2.75) is 24.8 Å². The summed E-state index contributed by atoms with van der Waals surface area (Å²) in [5, 5.41) is 2.90. The molecule has 1 unspecified atom stereocenters. The van der Waals surface area contributed by atoms with Crippen LogP contribution in [0.1, 0.15) is 13.8 Å². The Labute approximate surface area is 141 Å². The van der Waals surface area contributed by atoms with Gasteiger partial charge in [-0.25, -0.2) is 0 Å². The van der Waals surface area contributed by atoms with Gasteiger partial charge >= 0.3 is 0 Å². The summed E-state index contributed by atoms with van der Waals surface area (Å²) < 4.78 is 11.1. The molecule has 0 heterocycles. The summed E-state index contributed by atoms with van der Waals surface area (Å²) >= 11 is 1.59. The lowest BCUT2D eigenvalue weighted by atomic mass is 10.3. The SMILES string of the molecule is CCOc1ccc(OC(C)C(=O)Nc2ccccc2SC)cc1. The van der Waals surface area contributed by atoms with Gasteiger partial charge in [0.2, 0.25) is 0 Å². The summed E-state index contributed by atoms with van der Waals surface area (Å²) in [7, 11) is 0. The van der Waals surface area contributed by atoms with E-state index in [4.69, 9.17) is 9.47 Å². The van der Waals surface area contributed by atoms with Gasteiger partial charge in [-0.05, 0) is 56.5 Å². The van der Waals surface area contributed by atoms with Gasteiger partial charge in [-0.15, -0.1) is 11.8 Å². The zero-order valence-corrected chi connectivity index (χ0v) is 14.4. The monoisotopic (exact) mass is 331 g/mol. The second kappa shape index (κ2) is 8.48. The lowest BCUT2D eigenvalue weighted by Crippen LogP contribution is -2.30. The van der Waals surface area contributed by atoms with Gasteiger partial charge in [0.1, 0.15) is 11.5 Å². The molecular weight excluding hydrogens is 310 g/mol. The van der Waals surface area contributed by atoms with E-state index in [1.54, 1.807) is 30.8 Å². The van der Waals surface area contributed by atoms with E-state index in [1.165, 1.54) is 0 Å². The Hall–Kier alpha value is -2.14. The Kier molecular flexibility index (Phi) is 6.35. The molecule has 0 saturated carbocycles. The van der Waals surface area contributed by atoms with E-state index in [0.29, 0.717) is 12.4 Å². The van der Waals surface area contributed by atoms with E-state index in [0.717, 1.165) is 16.3 Å². The molecule has 1 amide bonds. The number of para-hydroxylation sites is 1. The fraction of sp³-hybridized carbons (Fsp3) is 0.278. The Morgan fingerprint density at radius 3 is 2.43 bits per heavy atom. The second-order valence-corrected chi connectivity index (χ2v) is 5.70. The third kappa shape index (κ3) is 4.93. The average molecular weight is 331 g/mol. The van der Waals surface area contributed by atoms with Crippen LogP contribution in [0.15, 0.2) is 53.4 Å². The van der Waals surface area contributed by atoms with Crippen molar-refractivity contribution in [2.24, 2.45) is 0 Å². The molecule has 4 nitrogen and oxygen atoms in total. The van der Waals surface area contributed by atoms with Crippen molar-refractivity contribution < 1.29 is 14.3 Å². The van der Waals surface area contributed by atoms with Crippen molar-refractivity contribution in [2.75, 3.05) is 18.2 Å². The van der Waals surface area contributed by atoms with Crippen molar-refractivity contribution in [3.63, 3.8) is 0 Å². The number of benzene rings is 2. The molecule has 5 heteroatoms. The quantitative estimate of drug-likeness (QED) is 0.772. The number of rotatable bonds is 7. The van der Waals surface area contributed by atoms with Gasteiger partial charge in [0.25, 0.3) is 5.91 Å². The number of amides is 1. The molecule has 0 bridgehead atoms. The molecule has 23 heavy (non-hydrogen) atoms. The second-order valence-electron chi connectivity index (χ2n) is 4.85. The molecule has 1 atom stereocenters. The number of carbonyl (C=O) groups excluding carboxylic acids is 1. The molecule has 2 aromatic rings. The number of carbonyl (C=O) groups is 1. The predicted molar refractivity (Wildman–Crippen MR) is 94.6 cm³/mol. The van der Waals surface area contributed by atoms with Crippen LogP contribution in [0.3, 0.4) is 0 Å². The number of anilines is 1. The summed E-state index contributed by atoms with van der Waals surface area (Å²) in [5.74, 6) is 1.24. The van der Waals surface area contributed by atoms with Crippen molar-refractivity contribution in [3.05, 3.63) is 48.5 Å². The normalized spacial score (nSPS) is 11.6. The number of hydrogen-bond acceptors (Lipinski definition) is 4. The fourth-order valence-electron chi connectivity index (χ4n) is 2.02. The predicted octanol–water partition coefficient (Wildman–Crippen LogP) is 4.21. The van der Waals surface area contributed by atoms with Crippen LogP contribution >= 0.6 is 11.8 Å². The summed E-state index contributed by atoms with van der Waals surface area (Å²) in [6, 6.07) is 14.9. The summed E-state index contributed by atoms with van der Waals surface area (Å²) in [6.07, 6.45) is 1.38. The van der Waals surface area contributed by atoms with Crippen molar-refractivity contribution in [1.82, 2.24) is 0 Å². The van der Waals surface area contributed by atoms with Gasteiger partial charge in [-0.3, -0.25) is 4.79 Å². The first-order valence-electron chi connectivity index (χ1n) is 7.47. The van der Waals surface area contributed by atoms with Gasteiger partial charge in [0.15, 0.2) is 6.10 Å². The zero-order valence-electron chi connectivity index (χ0n) is 13.5. The van der Waals surface area contributed by atoms with Crippen LogP contribution < -0.4 is 14.8 Å². The van der Waals surface area contributed by atoms with Crippen LogP contribution in [-0.2, 0) is 4.79 Å². The molecule has 0 aromatic heterocycles.